The van der Waals surface area contributed by atoms with E-state index < -0.39 is 18.8 Å². The highest BCUT2D eigenvalue weighted by atomic mass is 31.2. The van der Waals surface area contributed by atoms with Crippen LogP contribution in [0.3, 0.4) is 0 Å². The van der Waals surface area contributed by atoms with Crippen LogP contribution in [-0.2, 0) is 18.1 Å². The maximum absolute atomic E-state index is 12.2. The molecule has 0 amide bonds. The van der Waals surface area contributed by atoms with Crippen molar-refractivity contribution >= 4 is 13.5 Å². The molecule has 0 aliphatic rings. The quantitative estimate of drug-likeness (QED) is 0.411. The van der Waals surface area contributed by atoms with Gasteiger partial charge in [0.15, 0.2) is 6.10 Å². The molecule has 21 heavy (non-hydrogen) atoms. The van der Waals surface area contributed by atoms with Crippen LogP contribution < -0.4 is 0 Å². The third-order valence-corrected chi connectivity index (χ3v) is 3.95. The molecule has 0 aliphatic heterocycles. The molecule has 0 N–H and O–H groups in total. The number of phosphoric acid groups is 1. The fourth-order valence-electron chi connectivity index (χ4n) is 1.47. The molecule has 9 heteroatoms. The molecule has 0 fully saturated rings. The first-order chi connectivity index (χ1) is 9.95. The monoisotopic (exact) mass is 314 g/mol. The van der Waals surface area contributed by atoms with Crippen molar-refractivity contribution in [1.82, 2.24) is 0 Å². The van der Waals surface area contributed by atoms with Gasteiger partial charge in [-0.1, -0.05) is 0 Å². The highest BCUT2D eigenvalue weighted by Crippen LogP contribution is 2.52. The average molecular weight is 314 g/mol. The number of nitro groups is 1. The van der Waals surface area contributed by atoms with E-state index in [0.29, 0.717) is 5.56 Å². The first-order valence-corrected chi connectivity index (χ1v) is 7.63. The molecule has 1 aromatic rings. The van der Waals surface area contributed by atoms with Gasteiger partial charge in [0.2, 0.25) is 0 Å². The van der Waals surface area contributed by atoms with E-state index in [-0.39, 0.29) is 18.9 Å². The van der Waals surface area contributed by atoms with Gasteiger partial charge in [-0.05, 0) is 31.5 Å². The predicted molar refractivity (Wildman–Crippen MR) is 73.4 cm³/mol. The Hall–Kier alpha value is -1.78. The van der Waals surface area contributed by atoms with E-state index in [1.165, 1.54) is 24.3 Å². The Morgan fingerprint density at radius 1 is 1.29 bits per heavy atom. The maximum Gasteiger partial charge on any atom is 0.476 e. The van der Waals surface area contributed by atoms with Crippen LogP contribution in [0.5, 0.6) is 0 Å². The number of hydrogen-bond acceptors (Lipinski definition) is 7. The van der Waals surface area contributed by atoms with E-state index in [1.807, 2.05) is 6.07 Å². The van der Waals surface area contributed by atoms with Crippen LogP contribution in [0.4, 0.5) is 5.69 Å². The standard InChI is InChI=1S/C12H15N2O6P/c1-3-18-21(17,19-4-2)20-12(9-13)10-5-7-11(8-6-10)14(15)16/h5-8,12H,3-4H2,1-2H3/t12-/m0/s1. The number of non-ortho nitro benzene ring substituents is 1. The van der Waals surface area contributed by atoms with Crippen molar-refractivity contribution in [1.29, 1.82) is 5.26 Å². The molecule has 0 radical (unpaired) electrons. The van der Waals surface area contributed by atoms with Crippen molar-refractivity contribution < 1.29 is 23.1 Å². The zero-order chi connectivity index (χ0) is 15.9. The smallest absolute Gasteiger partial charge is 0.287 e. The number of nitrogens with zero attached hydrogens (tertiary/aromatic N) is 2. The van der Waals surface area contributed by atoms with Gasteiger partial charge in [0.05, 0.1) is 24.2 Å². The lowest BCUT2D eigenvalue weighted by atomic mass is 10.1. The lowest BCUT2D eigenvalue weighted by molar-refractivity contribution is -0.384. The van der Waals surface area contributed by atoms with Crippen LogP contribution in [0.25, 0.3) is 0 Å². The number of phosphoric ester groups is 1. The minimum absolute atomic E-state index is 0.0929. The largest absolute Gasteiger partial charge is 0.476 e. The molecule has 0 aromatic heterocycles. The van der Waals surface area contributed by atoms with E-state index in [0.717, 1.165) is 0 Å². The van der Waals surface area contributed by atoms with Crippen LogP contribution in [0.2, 0.25) is 0 Å². The van der Waals surface area contributed by atoms with Crippen LogP contribution in [0.15, 0.2) is 24.3 Å². The summed E-state index contributed by atoms with van der Waals surface area (Å²) in [7, 11) is -3.84. The minimum Gasteiger partial charge on any atom is -0.287 e. The number of nitro benzene ring substituents is 1. The van der Waals surface area contributed by atoms with E-state index in [9.17, 15) is 14.7 Å². The van der Waals surface area contributed by atoms with Gasteiger partial charge in [-0.2, -0.15) is 5.26 Å². The van der Waals surface area contributed by atoms with Gasteiger partial charge < -0.3 is 0 Å². The summed E-state index contributed by atoms with van der Waals surface area (Å²) in [5, 5.41) is 19.7. The van der Waals surface area contributed by atoms with Gasteiger partial charge in [0.1, 0.15) is 0 Å². The van der Waals surface area contributed by atoms with E-state index in [1.54, 1.807) is 13.8 Å². The summed E-state index contributed by atoms with van der Waals surface area (Å²) in [6.45, 7) is 3.41. The second-order valence-electron chi connectivity index (χ2n) is 3.75. The average Bonchev–Trinajstić information content (AvgIpc) is 2.45. The first kappa shape index (κ1) is 17.3. The van der Waals surface area contributed by atoms with Gasteiger partial charge in [-0.3, -0.25) is 23.7 Å². The molecule has 0 saturated heterocycles. The Kier molecular flexibility index (Phi) is 6.46. The van der Waals surface area contributed by atoms with Crippen molar-refractivity contribution in [3.05, 3.63) is 39.9 Å². The lowest BCUT2D eigenvalue weighted by Gasteiger charge is -2.19. The Morgan fingerprint density at radius 2 is 1.81 bits per heavy atom. The van der Waals surface area contributed by atoms with Gasteiger partial charge in [0, 0.05) is 12.1 Å². The van der Waals surface area contributed by atoms with Gasteiger partial charge in [-0.25, -0.2) is 4.57 Å². The lowest BCUT2D eigenvalue weighted by Crippen LogP contribution is -2.05. The summed E-state index contributed by atoms with van der Waals surface area (Å²) in [4.78, 5) is 10.0. The SMILES string of the molecule is CCOP(=O)(OCC)O[C@@H](C#N)c1ccc([N+](=O)[O-])cc1. The number of rotatable bonds is 8. The van der Waals surface area contributed by atoms with E-state index >= 15 is 0 Å². The predicted octanol–water partition coefficient (Wildman–Crippen LogP) is 3.36. The van der Waals surface area contributed by atoms with Crippen molar-refractivity contribution in [2.24, 2.45) is 0 Å². The third kappa shape index (κ3) is 4.92. The Balaban J connectivity index is 2.94. The summed E-state index contributed by atoms with van der Waals surface area (Å²) in [5.74, 6) is 0. The Bertz CT molecular complexity index is 558. The topological polar surface area (TPSA) is 112 Å². The highest BCUT2D eigenvalue weighted by molar-refractivity contribution is 7.48. The van der Waals surface area contributed by atoms with E-state index in [2.05, 4.69) is 0 Å². The maximum atomic E-state index is 12.2. The van der Waals surface area contributed by atoms with Crippen molar-refractivity contribution in [2.75, 3.05) is 13.2 Å². The molecule has 114 valence electrons. The minimum atomic E-state index is -3.84. The Labute approximate surface area is 122 Å². The molecular weight excluding hydrogens is 299 g/mol. The fraction of sp³-hybridized carbons (Fsp3) is 0.417. The summed E-state index contributed by atoms with van der Waals surface area (Å²) >= 11 is 0. The highest BCUT2D eigenvalue weighted by Gasteiger charge is 2.31. The van der Waals surface area contributed by atoms with Gasteiger partial charge >= 0.3 is 7.82 Å². The second kappa shape index (κ2) is 7.86. The van der Waals surface area contributed by atoms with Crippen molar-refractivity contribution in [2.45, 2.75) is 20.0 Å². The summed E-state index contributed by atoms with van der Waals surface area (Å²) in [6.07, 6.45) is -1.21. The molecule has 0 unspecified atom stereocenters. The normalized spacial score (nSPS) is 12.6. The second-order valence-corrected chi connectivity index (χ2v) is 5.37. The number of nitriles is 1. The molecular formula is C12H15N2O6P. The third-order valence-electron chi connectivity index (χ3n) is 2.33. The van der Waals surface area contributed by atoms with Crippen LogP contribution in [0, 0.1) is 21.4 Å². The summed E-state index contributed by atoms with van der Waals surface area (Å²) in [6, 6.07) is 6.99. The molecule has 0 spiro atoms. The molecule has 0 heterocycles. The van der Waals surface area contributed by atoms with Crippen molar-refractivity contribution in [3.63, 3.8) is 0 Å². The fourth-order valence-corrected chi connectivity index (χ4v) is 2.73. The molecule has 8 nitrogen and oxygen atoms in total. The number of benzene rings is 1. The van der Waals surface area contributed by atoms with Crippen molar-refractivity contribution in [3.8, 4) is 6.07 Å². The van der Waals surface area contributed by atoms with Crippen LogP contribution >= 0.6 is 7.82 Å². The zero-order valence-corrected chi connectivity index (χ0v) is 12.5. The van der Waals surface area contributed by atoms with Gasteiger partial charge in [0.25, 0.3) is 5.69 Å². The van der Waals surface area contributed by atoms with Crippen LogP contribution in [-0.4, -0.2) is 18.1 Å². The molecule has 1 atom stereocenters. The molecule has 1 rings (SSSR count). The first-order valence-electron chi connectivity index (χ1n) is 6.17. The van der Waals surface area contributed by atoms with E-state index in [4.69, 9.17) is 18.8 Å². The van der Waals surface area contributed by atoms with Crippen LogP contribution in [0.1, 0.15) is 25.5 Å². The molecule has 1 aromatic carbocycles. The molecule has 0 saturated carbocycles. The van der Waals surface area contributed by atoms with Gasteiger partial charge in [-0.15, -0.1) is 0 Å². The molecule has 0 aliphatic carbocycles. The summed E-state index contributed by atoms with van der Waals surface area (Å²) < 4.78 is 27.2. The summed E-state index contributed by atoms with van der Waals surface area (Å²) in [5.41, 5.74) is 0.205. The zero-order valence-electron chi connectivity index (χ0n) is 11.6. The number of hydrogen-bond donors (Lipinski definition) is 0. The molecule has 0 bridgehead atoms. The Morgan fingerprint density at radius 3 is 2.19 bits per heavy atom.